The van der Waals surface area contributed by atoms with Gasteiger partial charge < -0.3 is 9.15 Å². The van der Waals surface area contributed by atoms with Crippen LogP contribution in [0.4, 0.5) is 5.88 Å². The Labute approximate surface area is 153 Å². The Kier molecular flexibility index (Phi) is 4.10. The summed E-state index contributed by atoms with van der Waals surface area (Å²) in [7, 11) is 0. The van der Waals surface area contributed by atoms with Crippen LogP contribution in [0.1, 0.15) is 11.3 Å². The molecule has 2 aromatic carbocycles. The highest BCUT2D eigenvalue weighted by molar-refractivity contribution is 6.12. The lowest BCUT2D eigenvalue weighted by Gasteiger charge is -2.03. The Morgan fingerprint density at radius 3 is 2.22 bits per heavy atom. The van der Waals surface area contributed by atoms with E-state index < -0.39 is 16.8 Å². The van der Waals surface area contributed by atoms with E-state index in [9.17, 15) is 14.9 Å². The van der Waals surface area contributed by atoms with Crippen LogP contribution in [0.3, 0.4) is 0 Å². The van der Waals surface area contributed by atoms with Crippen molar-refractivity contribution in [2.24, 2.45) is 4.99 Å². The van der Waals surface area contributed by atoms with Gasteiger partial charge in [-0.25, -0.2) is 9.79 Å². The molecule has 1 aliphatic heterocycles. The van der Waals surface area contributed by atoms with Crippen molar-refractivity contribution in [3.63, 3.8) is 0 Å². The van der Waals surface area contributed by atoms with Gasteiger partial charge in [0.15, 0.2) is 5.70 Å². The van der Waals surface area contributed by atoms with Gasteiger partial charge in [0.1, 0.15) is 10.7 Å². The Balaban J connectivity index is 1.59. The fourth-order valence-electron chi connectivity index (χ4n) is 2.62. The molecule has 0 radical (unpaired) electrons. The second-order valence-corrected chi connectivity index (χ2v) is 5.71. The zero-order valence-corrected chi connectivity index (χ0v) is 13.9. The van der Waals surface area contributed by atoms with Gasteiger partial charge in [-0.1, -0.05) is 42.5 Å². The van der Waals surface area contributed by atoms with Crippen LogP contribution < -0.4 is 0 Å². The van der Waals surface area contributed by atoms with Crippen molar-refractivity contribution >= 4 is 23.8 Å². The number of ether oxygens (including phenoxy) is 1. The molecule has 0 N–H and O–H groups in total. The average Bonchev–Trinajstić information content (AvgIpc) is 3.30. The smallest absolute Gasteiger partial charge is 0.402 e. The van der Waals surface area contributed by atoms with Gasteiger partial charge in [0.25, 0.3) is 0 Å². The van der Waals surface area contributed by atoms with E-state index in [-0.39, 0.29) is 17.4 Å². The summed E-state index contributed by atoms with van der Waals surface area (Å²) in [4.78, 5) is 26.2. The van der Waals surface area contributed by atoms with E-state index in [0.717, 1.165) is 11.1 Å². The number of hydrogen-bond donors (Lipinski definition) is 0. The van der Waals surface area contributed by atoms with Gasteiger partial charge in [-0.2, -0.15) is 0 Å². The normalized spacial score (nSPS) is 14.9. The number of carbonyl (C=O) groups is 1. The number of aliphatic imine (C=N–C) groups is 1. The van der Waals surface area contributed by atoms with Crippen molar-refractivity contribution in [2.75, 3.05) is 0 Å². The summed E-state index contributed by atoms with van der Waals surface area (Å²) in [5.41, 5.74) is 2.77. The molecule has 7 nitrogen and oxygen atoms in total. The number of hydrogen-bond acceptors (Lipinski definition) is 6. The fourth-order valence-corrected chi connectivity index (χ4v) is 2.62. The quantitative estimate of drug-likeness (QED) is 0.301. The minimum Gasteiger partial charge on any atom is -0.402 e. The van der Waals surface area contributed by atoms with Crippen molar-refractivity contribution in [1.82, 2.24) is 0 Å². The molecular weight excluding hydrogens is 348 g/mol. The minimum absolute atomic E-state index is 0.0152. The van der Waals surface area contributed by atoms with Gasteiger partial charge in [0.05, 0.1) is 6.07 Å². The molecule has 0 fully saturated rings. The number of carbonyl (C=O) groups excluding carboxylic acids is 1. The van der Waals surface area contributed by atoms with E-state index in [0.29, 0.717) is 5.56 Å². The number of cyclic esters (lactones) is 1. The monoisotopic (exact) mass is 360 g/mol. The molecule has 2 heterocycles. The van der Waals surface area contributed by atoms with Crippen LogP contribution in [0.15, 0.2) is 81.8 Å². The van der Waals surface area contributed by atoms with E-state index in [1.165, 1.54) is 18.2 Å². The van der Waals surface area contributed by atoms with Crippen LogP contribution in [0, 0.1) is 10.1 Å². The predicted molar refractivity (Wildman–Crippen MR) is 97.8 cm³/mol. The van der Waals surface area contributed by atoms with Crippen molar-refractivity contribution in [1.29, 1.82) is 0 Å². The van der Waals surface area contributed by atoms with Gasteiger partial charge in [-0.15, -0.1) is 0 Å². The van der Waals surface area contributed by atoms with E-state index in [1.807, 2.05) is 54.6 Å². The lowest BCUT2D eigenvalue weighted by atomic mass is 10.0. The van der Waals surface area contributed by atoms with Gasteiger partial charge in [0, 0.05) is 11.6 Å². The molecule has 1 aliphatic rings. The van der Waals surface area contributed by atoms with E-state index in [2.05, 4.69) is 4.99 Å². The summed E-state index contributed by atoms with van der Waals surface area (Å²) in [6, 6.07) is 19.9. The first-order valence-electron chi connectivity index (χ1n) is 8.03. The number of benzene rings is 2. The molecular formula is C20H12N2O5. The van der Waals surface area contributed by atoms with Crippen molar-refractivity contribution in [3.05, 3.63) is 93.9 Å². The molecule has 0 saturated carbocycles. The Morgan fingerprint density at radius 1 is 0.889 bits per heavy atom. The van der Waals surface area contributed by atoms with Crippen LogP contribution in [0.25, 0.3) is 17.2 Å². The summed E-state index contributed by atoms with van der Waals surface area (Å²) in [6.45, 7) is 0. The first kappa shape index (κ1) is 16.5. The van der Waals surface area contributed by atoms with Crippen LogP contribution in [0.5, 0.6) is 0 Å². The maximum absolute atomic E-state index is 12.0. The molecule has 0 saturated heterocycles. The number of nitro groups is 1. The first-order valence-corrected chi connectivity index (χ1v) is 8.03. The van der Waals surface area contributed by atoms with Crippen molar-refractivity contribution < 1.29 is 18.9 Å². The summed E-state index contributed by atoms with van der Waals surface area (Å²) >= 11 is 0. The molecule has 7 heteroatoms. The predicted octanol–water partition coefficient (Wildman–Crippen LogP) is 4.20. The van der Waals surface area contributed by atoms with Crippen LogP contribution >= 0.6 is 0 Å². The molecule has 4 rings (SSSR count). The fraction of sp³-hybridized carbons (Fsp3) is 0. The highest BCUT2D eigenvalue weighted by Crippen LogP contribution is 2.24. The Bertz CT molecular complexity index is 1080. The van der Waals surface area contributed by atoms with E-state index >= 15 is 0 Å². The van der Waals surface area contributed by atoms with Gasteiger partial charge in [-0.3, -0.25) is 10.1 Å². The van der Waals surface area contributed by atoms with Crippen molar-refractivity contribution in [2.45, 2.75) is 0 Å². The molecule has 0 amide bonds. The molecule has 0 atom stereocenters. The lowest BCUT2D eigenvalue weighted by Crippen LogP contribution is -2.05. The molecule has 0 unspecified atom stereocenters. The third kappa shape index (κ3) is 3.38. The van der Waals surface area contributed by atoms with Gasteiger partial charge in [-0.05, 0) is 29.3 Å². The number of furan rings is 1. The molecule has 0 spiro atoms. The van der Waals surface area contributed by atoms with E-state index in [4.69, 9.17) is 9.15 Å². The zero-order chi connectivity index (χ0) is 18.8. The summed E-state index contributed by atoms with van der Waals surface area (Å²) in [6.07, 6.45) is 1.31. The molecule has 0 aliphatic carbocycles. The number of rotatable bonds is 4. The summed E-state index contributed by atoms with van der Waals surface area (Å²) < 4.78 is 10.2. The summed E-state index contributed by atoms with van der Waals surface area (Å²) in [5.74, 6) is -0.727. The third-order valence-corrected chi connectivity index (χ3v) is 3.93. The maximum Gasteiger partial charge on any atom is 0.433 e. The molecule has 3 aromatic rings. The number of esters is 1. The van der Waals surface area contributed by atoms with Gasteiger partial charge >= 0.3 is 11.9 Å². The standard InChI is InChI=1S/C20H12N2O5/c23-20-17(12-16-10-11-18(26-16)22(24)25)21-19(27-20)15-8-6-14(7-9-15)13-4-2-1-3-5-13/h1-12H/b17-12-. The molecule has 27 heavy (non-hydrogen) atoms. The van der Waals surface area contributed by atoms with Crippen LogP contribution in [-0.4, -0.2) is 16.8 Å². The highest BCUT2D eigenvalue weighted by atomic mass is 16.6. The number of nitrogens with zero attached hydrogens (tertiary/aromatic N) is 2. The SMILES string of the molecule is O=C1OC(c2ccc(-c3ccccc3)cc2)=N/C1=C\c1ccc([N+](=O)[O-])o1. The molecule has 1 aromatic heterocycles. The minimum atomic E-state index is -0.655. The lowest BCUT2D eigenvalue weighted by molar-refractivity contribution is -0.402. The zero-order valence-electron chi connectivity index (χ0n) is 13.9. The second kappa shape index (κ2) is 6.72. The average molecular weight is 360 g/mol. The molecule has 0 bridgehead atoms. The van der Waals surface area contributed by atoms with Crippen LogP contribution in [-0.2, 0) is 9.53 Å². The topological polar surface area (TPSA) is 94.9 Å². The maximum atomic E-state index is 12.0. The van der Waals surface area contributed by atoms with Crippen LogP contribution in [0.2, 0.25) is 0 Å². The highest BCUT2D eigenvalue weighted by Gasteiger charge is 2.25. The van der Waals surface area contributed by atoms with Crippen molar-refractivity contribution in [3.8, 4) is 11.1 Å². The largest absolute Gasteiger partial charge is 0.433 e. The Morgan fingerprint density at radius 2 is 1.56 bits per heavy atom. The van der Waals surface area contributed by atoms with Gasteiger partial charge in [0.2, 0.25) is 5.90 Å². The first-order chi connectivity index (χ1) is 13.1. The second-order valence-electron chi connectivity index (χ2n) is 5.71. The third-order valence-electron chi connectivity index (χ3n) is 3.93. The Hall–Kier alpha value is -4.00. The molecule has 132 valence electrons. The summed E-state index contributed by atoms with van der Waals surface area (Å²) in [5, 5.41) is 10.7. The van der Waals surface area contributed by atoms with E-state index in [1.54, 1.807) is 0 Å².